The zero-order valence-electron chi connectivity index (χ0n) is 10.3. The summed E-state index contributed by atoms with van der Waals surface area (Å²) in [6.45, 7) is -0.554. The second-order valence-electron chi connectivity index (χ2n) is 3.99. The first-order chi connectivity index (χ1) is 9.13. The van der Waals surface area contributed by atoms with Gasteiger partial charge in [0.1, 0.15) is 5.02 Å². The average molecular weight is 311 g/mol. The van der Waals surface area contributed by atoms with Crippen LogP contribution in [0.5, 0.6) is 0 Å². The van der Waals surface area contributed by atoms with Gasteiger partial charge in [-0.3, -0.25) is 14.9 Å². The van der Waals surface area contributed by atoms with Crippen LogP contribution in [0.2, 0.25) is 5.02 Å². The number of nitro groups is 1. The van der Waals surface area contributed by atoms with E-state index in [1.54, 1.807) is 0 Å². The van der Waals surface area contributed by atoms with E-state index in [4.69, 9.17) is 11.6 Å². The molecule has 0 spiro atoms. The first kappa shape index (κ1) is 16.2. The molecule has 1 aromatic carbocycles. The summed E-state index contributed by atoms with van der Waals surface area (Å²) in [6.07, 6.45) is -5.55. The van der Waals surface area contributed by atoms with E-state index in [0.717, 1.165) is 11.0 Å². The Morgan fingerprint density at radius 1 is 1.45 bits per heavy atom. The van der Waals surface area contributed by atoms with Gasteiger partial charge >= 0.3 is 6.18 Å². The van der Waals surface area contributed by atoms with E-state index < -0.39 is 35.7 Å². The van der Waals surface area contributed by atoms with E-state index in [0.29, 0.717) is 0 Å². The fraction of sp³-hybridized carbons (Fsp3) is 0.364. The number of carbonyl (C=O) groups excluding carboxylic acids is 1. The Kier molecular flexibility index (Phi) is 4.93. The first-order valence-corrected chi connectivity index (χ1v) is 5.76. The molecule has 20 heavy (non-hydrogen) atoms. The van der Waals surface area contributed by atoms with Gasteiger partial charge in [-0.1, -0.05) is 17.7 Å². The Morgan fingerprint density at radius 2 is 2.05 bits per heavy atom. The van der Waals surface area contributed by atoms with Crippen molar-refractivity contribution in [1.82, 2.24) is 4.90 Å². The highest BCUT2D eigenvalue weighted by Gasteiger charge is 2.29. The van der Waals surface area contributed by atoms with Gasteiger partial charge in [0.05, 0.1) is 16.9 Å². The molecule has 1 rings (SSSR count). The van der Waals surface area contributed by atoms with E-state index in [-0.39, 0.29) is 10.6 Å². The molecule has 0 fully saturated rings. The predicted molar refractivity (Wildman–Crippen MR) is 65.7 cm³/mol. The van der Waals surface area contributed by atoms with Crippen molar-refractivity contribution in [2.24, 2.45) is 0 Å². The Labute approximate surface area is 117 Å². The van der Waals surface area contributed by atoms with Gasteiger partial charge in [0.2, 0.25) is 0 Å². The topological polar surface area (TPSA) is 63.5 Å². The largest absolute Gasteiger partial charge is 0.390 e. The molecule has 0 aliphatic carbocycles. The van der Waals surface area contributed by atoms with Crippen molar-refractivity contribution in [3.63, 3.8) is 0 Å². The fourth-order valence-electron chi connectivity index (χ4n) is 1.43. The van der Waals surface area contributed by atoms with Crippen molar-refractivity contribution in [3.05, 3.63) is 38.9 Å². The summed E-state index contributed by atoms with van der Waals surface area (Å²) in [6, 6.07) is 3.57. The third kappa shape index (κ3) is 4.09. The van der Waals surface area contributed by atoms with Crippen molar-refractivity contribution >= 4 is 23.2 Å². The number of rotatable bonds is 4. The minimum absolute atomic E-state index is 0.203. The van der Waals surface area contributed by atoms with Gasteiger partial charge in [-0.2, -0.15) is 13.2 Å². The molecule has 0 aromatic heterocycles. The number of halogens is 4. The van der Waals surface area contributed by atoms with Gasteiger partial charge in [0.25, 0.3) is 11.6 Å². The minimum Gasteiger partial charge on any atom is -0.341 e. The standard InChI is InChI=1S/C11H10ClF3N2O3/c1-16(6-5-11(13,14)15)10(18)7-3-2-4-8(9(7)12)17(19)20/h2-4H,5-6H2,1H3. The molecule has 0 aliphatic heterocycles. The van der Waals surface area contributed by atoms with Crippen LogP contribution < -0.4 is 0 Å². The van der Waals surface area contributed by atoms with Crippen LogP contribution >= 0.6 is 11.6 Å². The van der Waals surface area contributed by atoms with Crippen LogP contribution in [0.4, 0.5) is 18.9 Å². The molecule has 0 radical (unpaired) electrons. The smallest absolute Gasteiger partial charge is 0.341 e. The quantitative estimate of drug-likeness (QED) is 0.633. The van der Waals surface area contributed by atoms with E-state index in [9.17, 15) is 28.1 Å². The summed E-state index contributed by atoms with van der Waals surface area (Å²) in [5, 5.41) is 10.3. The molecular weight excluding hydrogens is 301 g/mol. The molecule has 0 heterocycles. The van der Waals surface area contributed by atoms with Gasteiger partial charge in [-0.25, -0.2) is 0 Å². The molecule has 0 atom stereocenters. The molecule has 0 unspecified atom stereocenters. The van der Waals surface area contributed by atoms with Crippen molar-refractivity contribution in [2.45, 2.75) is 12.6 Å². The van der Waals surface area contributed by atoms with E-state index in [1.165, 1.54) is 19.2 Å². The van der Waals surface area contributed by atoms with E-state index in [2.05, 4.69) is 0 Å². The van der Waals surface area contributed by atoms with Gasteiger partial charge < -0.3 is 4.90 Å². The van der Waals surface area contributed by atoms with E-state index >= 15 is 0 Å². The van der Waals surface area contributed by atoms with E-state index in [1.807, 2.05) is 0 Å². The van der Waals surface area contributed by atoms with Crippen LogP contribution in [-0.4, -0.2) is 35.5 Å². The lowest BCUT2D eigenvalue weighted by Crippen LogP contribution is -2.30. The van der Waals surface area contributed by atoms with Crippen LogP contribution in [0.25, 0.3) is 0 Å². The highest BCUT2D eigenvalue weighted by atomic mass is 35.5. The van der Waals surface area contributed by atoms with Crippen LogP contribution in [0.3, 0.4) is 0 Å². The second kappa shape index (κ2) is 6.08. The highest BCUT2D eigenvalue weighted by Crippen LogP contribution is 2.28. The van der Waals surface area contributed by atoms with Crippen LogP contribution in [0, 0.1) is 10.1 Å². The zero-order valence-corrected chi connectivity index (χ0v) is 11.0. The SMILES string of the molecule is CN(CCC(F)(F)F)C(=O)c1cccc([N+](=O)[O-])c1Cl. The van der Waals surface area contributed by atoms with Gasteiger partial charge in [0.15, 0.2) is 0 Å². The molecular formula is C11H10ClF3N2O3. The van der Waals surface area contributed by atoms with Gasteiger partial charge in [0, 0.05) is 19.7 Å². The summed E-state index contributed by atoms with van der Waals surface area (Å²) in [5.41, 5.74) is -0.674. The lowest BCUT2D eigenvalue weighted by molar-refractivity contribution is -0.384. The maximum absolute atomic E-state index is 12.1. The molecule has 0 saturated carbocycles. The zero-order chi connectivity index (χ0) is 15.5. The Bertz CT molecular complexity index is 534. The number of benzene rings is 1. The van der Waals surface area contributed by atoms with Crippen LogP contribution in [0.15, 0.2) is 18.2 Å². The number of amides is 1. The summed E-state index contributed by atoms with van der Waals surface area (Å²) in [4.78, 5) is 22.6. The van der Waals surface area contributed by atoms with Crippen molar-refractivity contribution in [2.75, 3.05) is 13.6 Å². The Morgan fingerprint density at radius 3 is 2.55 bits per heavy atom. The van der Waals surface area contributed by atoms with Crippen LogP contribution in [0.1, 0.15) is 16.8 Å². The van der Waals surface area contributed by atoms with Crippen molar-refractivity contribution in [1.29, 1.82) is 0 Å². The number of nitro benzene ring substituents is 1. The number of nitrogens with zero attached hydrogens (tertiary/aromatic N) is 2. The lowest BCUT2D eigenvalue weighted by Gasteiger charge is -2.18. The summed E-state index contributed by atoms with van der Waals surface area (Å²) in [7, 11) is 1.17. The normalized spacial score (nSPS) is 11.2. The second-order valence-corrected chi connectivity index (χ2v) is 4.37. The molecule has 5 nitrogen and oxygen atoms in total. The third-order valence-corrected chi connectivity index (χ3v) is 2.88. The molecule has 0 aliphatic rings. The monoisotopic (exact) mass is 310 g/mol. The maximum Gasteiger partial charge on any atom is 0.390 e. The number of carbonyl (C=O) groups is 1. The Balaban J connectivity index is 2.92. The number of alkyl halides is 3. The maximum atomic E-state index is 12.1. The third-order valence-electron chi connectivity index (χ3n) is 2.48. The lowest BCUT2D eigenvalue weighted by atomic mass is 10.1. The molecule has 0 saturated heterocycles. The summed E-state index contributed by atoms with van der Waals surface area (Å²) >= 11 is 5.72. The van der Waals surface area contributed by atoms with Crippen LogP contribution in [-0.2, 0) is 0 Å². The predicted octanol–water partition coefficient (Wildman–Crippen LogP) is 3.27. The highest BCUT2D eigenvalue weighted by molar-refractivity contribution is 6.35. The van der Waals surface area contributed by atoms with Gasteiger partial charge in [-0.15, -0.1) is 0 Å². The summed E-state index contributed by atoms with van der Waals surface area (Å²) in [5.74, 6) is -0.803. The number of hydrogen-bond acceptors (Lipinski definition) is 3. The molecule has 0 bridgehead atoms. The Hall–Kier alpha value is -1.83. The van der Waals surface area contributed by atoms with Crippen molar-refractivity contribution in [3.8, 4) is 0 Å². The first-order valence-electron chi connectivity index (χ1n) is 5.38. The fourth-order valence-corrected chi connectivity index (χ4v) is 1.70. The molecule has 1 aromatic rings. The average Bonchev–Trinajstić information content (AvgIpc) is 2.34. The van der Waals surface area contributed by atoms with Gasteiger partial charge in [-0.05, 0) is 6.07 Å². The molecule has 110 valence electrons. The molecule has 9 heteroatoms. The minimum atomic E-state index is -4.39. The van der Waals surface area contributed by atoms with Crippen molar-refractivity contribution < 1.29 is 22.9 Å². The molecule has 1 amide bonds. The summed E-state index contributed by atoms with van der Waals surface area (Å²) < 4.78 is 36.2. The molecule has 0 N–H and O–H groups in total. The number of hydrogen-bond donors (Lipinski definition) is 0.